The van der Waals surface area contributed by atoms with Gasteiger partial charge in [0.05, 0.1) is 32.4 Å². The largest absolute Gasteiger partial charge is 0.307 e. The molecule has 0 fully saturated rings. The molecule has 0 amide bonds. The van der Waals surface area contributed by atoms with Crippen LogP contribution in [0.15, 0.2) is 140 Å². The molecule has 5 nitrogen and oxygen atoms in total. The Hall–Kier alpha value is -5.13. The van der Waals surface area contributed by atoms with Crippen molar-refractivity contribution in [3.8, 4) is 11.3 Å². The first-order valence-electron chi connectivity index (χ1n) is 14.2. The van der Waals surface area contributed by atoms with Gasteiger partial charge in [0.1, 0.15) is 11.2 Å². The third kappa shape index (κ3) is 4.09. The molecule has 7 aromatic rings. The van der Waals surface area contributed by atoms with Gasteiger partial charge < -0.3 is 4.57 Å². The Morgan fingerprint density at radius 3 is 1.79 bits per heavy atom. The van der Waals surface area contributed by atoms with Crippen molar-refractivity contribution in [2.45, 2.75) is 5.54 Å². The van der Waals surface area contributed by atoms with E-state index in [1.54, 1.807) is 0 Å². The van der Waals surface area contributed by atoms with Crippen LogP contribution >= 0.6 is 0 Å². The van der Waals surface area contributed by atoms with Gasteiger partial charge in [-0.25, -0.2) is 9.97 Å². The lowest BCUT2D eigenvalue weighted by Crippen LogP contribution is -2.37. The monoisotopic (exact) mass is 546 g/mol. The minimum Gasteiger partial charge on any atom is -0.307 e. The summed E-state index contributed by atoms with van der Waals surface area (Å²) in [5.41, 5.74) is 6.67. The summed E-state index contributed by atoms with van der Waals surface area (Å²) in [5, 5.41) is 2.13. The number of benzene rings is 3. The SMILES string of the molecule is C[N+](C)(C)c1cc(-c2ccc3c4cnccc4n(C(c4ccccc4)(c4ccccc4)c4ccccc4)c3n2)ccn1. The minimum absolute atomic E-state index is 0.626. The van der Waals surface area contributed by atoms with Crippen molar-refractivity contribution < 1.29 is 0 Å². The summed E-state index contributed by atoms with van der Waals surface area (Å²) in [7, 11) is 6.38. The van der Waals surface area contributed by atoms with E-state index in [0.717, 1.165) is 55.7 Å². The van der Waals surface area contributed by atoms with Crippen LogP contribution < -0.4 is 4.48 Å². The van der Waals surface area contributed by atoms with Crippen LogP contribution in [0.2, 0.25) is 0 Å². The van der Waals surface area contributed by atoms with Crippen LogP contribution in [-0.4, -0.2) is 40.7 Å². The standard InChI is InChI=1S/C37H32N5/c1-42(2,3)35-25-27(21-24-39-35)33-20-19-31-32-26-38-23-22-34(32)41(36(31)40-33)37(28-13-7-4-8-14-28,29-15-9-5-10-16-29)30-17-11-6-12-18-30/h4-26H,1-3H3/q+1. The molecule has 7 rings (SSSR count). The fourth-order valence-electron chi connectivity index (χ4n) is 6.10. The average Bonchev–Trinajstić information content (AvgIpc) is 3.37. The highest BCUT2D eigenvalue weighted by Crippen LogP contribution is 2.46. The molecule has 4 aromatic heterocycles. The van der Waals surface area contributed by atoms with Crippen LogP contribution in [-0.2, 0) is 5.54 Å². The van der Waals surface area contributed by atoms with Gasteiger partial charge in [-0.15, -0.1) is 0 Å². The molecular weight excluding hydrogens is 514 g/mol. The Bertz CT molecular complexity index is 1910. The third-order valence-corrected chi connectivity index (χ3v) is 8.05. The summed E-state index contributed by atoms with van der Waals surface area (Å²) in [6.45, 7) is 0. The molecule has 3 aromatic carbocycles. The highest BCUT2D eigenvalue weighted by atomic mass is 15.3. The van der Waals surface area contributed by atoms with Gasteiger partial charge in [0.25, 0.3) is 0 Å². The Labute approximate surface area is 246 Å². The molecule has 0 unspecified atom stereocenters. The van der Waals surface area contributed by atoms with E-state index in [0.29, 0.717) is 4.48 Å². The molecule has 0 aliphatic heterocycles. The number of hydrogen-bond acceptors (Lipinski definition) is 3. The van der Waals surface area contributed by atoms with Crippen molar-refractivity contribution in [3.05, 3.63) is 157 Å². The highest BCUT2D eigenvalue weighted by Gasteiger charge is 2.41. The van der Waals surface area contributed by atoms with E-state index in [1.807, 2.05) is 24.7 Å². The smallest absolute Gasteiger partial charge is 0.227 e. The molecule has 0 aliphatic carbocycles. The van der Waals surface area contributed by atoms with Gasteiger partial charge in [0.15, 0.2) is 0 Å². The van der Waals surface area contributed by atoms with E-state index in [1.165, 1.54) is 0 Å². The number of hydrogen-bond donors (Lipinski definition) is 0. The number of pyridine rings is 3. The number of nitrogens with zero attached hydrogens (tertiary/aromatic N) is 5. The van der Waals surface area contributed by atoms with E-state index < -0.39 is 5.54 Å². The zero-order chi connectivity index (χ0) is 28.7. The summed E-state index contributed by atoms with van der Waals surface area (Å²) in [5.74, 6) is 0.978. The van der Waals surface area contributed by atoms with Crippen LogP contribution in [0, 0.1) is 0 Å². The second-order valence-corrected chi connectivity index (χ2v) is 11.5. The van der Waals surface area contributed by atoms with Crippen molar-refractivity contribution in [2.24, 2.45) is 0 Å². The number of fused-ring (bicyclic) bond motifs is 3. The van der Waals surface area contributed by atoms with E-state index in [4.69, 9.17) is 4.98 Å². The van der Waals surface area contributed by atoms with Crippen molar-refractivity contribution in [1.82, 2.24) is 24.0 Å². The number of aromatic nitrogens is 4. The maximum absolute atomic E-state index is 5.45. The molecular formula is C37H32N5+. The summed E-state index contributed by atoms with van der Waals surface area (Å²) in [4.78, 5) is 14.6. The molecule has 0 saturated carbocycles. The summed E-state index contributed by atoms with van der Waals surface area (Å²) < 4.78 is 3.05. The molecule has 0 bridgehead atoms. The third-order valence-electron chi connectivity index (χ3n) is 8.05. The second kappa shape index (κ2) is 10.1. The molecule has 42 heavy (non-hydrogen) atoms. The Morgan fingerprint density at radius 1 is 0.619 bits per heavy atom. The van der Waals surface area contributed by atoms with Gasteiger partial charge >= 0.3 is 0 Å². The van der Waals surface area contributed by atoms with Gasteiger partial charge in [0, 0.05) is 41.0 Å². The van der Waals surface area contributed by atoms with Gasteiger partial charge in [-0.1, -0.05) is 91.0 Å². The predicted octanol–water partition coefficient (Wildman–Crippen LogP) is 7.68. The first-order chi connectivity index (χ1) is 20.5. The molecule has 4 heterocycles. The fourth-order valence-corrected chi connectivity index (χ4v) is 6.10. The van der Waals surface area contributed by atoms with Crippen molar-refractivity contribution >= 4 is 27.8 Å². The van der Waals surface area contributed by atoms with E-state index in [9.17, 15) is 0 Å². The maximum atomic E-state index is 5.45. The van der Waals surface area contributed by atoms with Crippen molar-refractivity contribution in [2.75, 3.05) is 21.1 Å². The second-order valence-electron chi connectivity index (χ2n) is 11.5. The van der Waals surface area contributed by atoms with Gasteiger partial charge in [-0.3, -0.25) is 9.47 Å². The van der Waals surface area contributed by atoms with Crippen LogP contribution in [0.5, 0.6) is 0 Å². The molecule has 5 heteroatoms. The molecule has 0 atom stereocenters. The van der Waals surface area contributed by atoms with Gasteiger partial charge in [-0.2, -0.15) is 0 Å². The highest BCUT2D eigenvalue weighted by molar-refractivity contribution is 6.07. The lowest BCUT2D eigenvalue weighted by molar-refractivity contribution is 0.473. The summed E-state index contributed by atoms with van der Waals surface area (Å²) >= 11 is 0. The van der Waals surface area contributed by atoms with Crippen LogP contribution in [0.1, 0.15) is 16.7 Å². The molecule has 0 N–H and O–H groups in total. The van der Waals surface area contributed by atoms with Gasteiger partial charge in [-0.05, 0) is 41.0 Å². The molecule has 204 valence electrons. The topological polar surface area (TPSA) is 43.6 Å². The summed E-state index contributed by atoms with van der Waals surface area (Å²) in [6, 6.07) is 42.9. The zero-order valence-electron chi connectivity index (χ0n) is 24.0. The lowest BCUT2D eigenvalue weighted by atomic mass is 9.76. The number of quaternary nitrogens is 1. The Kier molecular flexibility index (Phi) is 6.18. The number of rotatable bonds is 6. The predicted molar refractivity (Wildman–Crippen MR) is 172 cm³/mol. The van der Waals surface area contributed by atoms with Crippen LogP contribution in [0.4, 0.5) is 5.82 Å². The summed E-state index contributed by atoms with van der Waals surface area (Å²) in [6.07, 6.45) is 5.71. The average molecular weight is 547 g/mol. The van der Waals surface area contributed by atoms with Crippen LogP contribution in [0.25, 0.3) is 33.2 Å². The van der Waals surface area contributed by atoms with Crippen molar-refractivity contribution in [1.29, 1.82) is 0 Å². The first-order valence-corrected chi connectivity index (χ1v) is 14.2. The van der Waals surface area contributed by atoms with E-state index >= 15 is 0 Å². The van der Waals surface area contributed by atoms with E-state index in [2.05, 4.69) is 151 Å². The first kappa shape index (κ1) is 25.8. The molecule has 0 saturated heterocycles. The minimum atomic E-state index is -0.706. The maximum Gasteiger partial charge on any atom is 0.227 e. The Balaban J connectivity index is 1.65. The lowest BCUT2D eigenvalue weighted by Gasteiger charge is -2.38. The van der Waals surface area contributed by atoms with Crippen LogP contribution in [0.3, 0.4) is 0 Å². The van der Waals surface area contributed by atoms with Gasteiger partial charge in [0.2, 0.25) is 5.82 Å². The molecule has 0 spiro atoms. The quantitative estimate of drug-likeness (QED) is 0.159. The van der Waals surface area contributed by atoms with E-state index in [-0.39, 0.29) is 0 Å². The van der Waals surface area contributed by atoms with Crippen molar-refractivity contribution in [3.63, 3.8) is 0 Å². The molecule has 0 radical (unpaired) electrons. The Morgan fingerprint density at radius 2 is 1.21 bits per heavy atom. The fraction of sp³-hybridized carbons (Fsp3) is 0.108. The zero-order valence-corrected chi connectivity index (χ0v) is 24.0. The molecule has 0 aliphatic rings. The normalized spacial score (nSPS) is 12.2.